The fraction of sp³-hybridized carbons (Fsp3) is 0.375. The number of aromatic nitrogens is 6. The molecule has 0 aliphatic heterocycles. The lowest BCUT2D eigenvalue weighted by Gasteiger charge is -2.14. The van der Waals surface area contributed by atoms with Crippen molar-refractivity contribution in [3.8, 4) is 17.1 Å². The summed E-state index contributed by atoms with van der Waals surface area (Å²) in [7, 11) is 1.91. The van der Waals surface area contributed by atoms with E-state index >= 15 is 0 Å². The first kappa shape index (κ1) is 21.3. The number of hydrogen-bond donors (Lipinski definition) is 2. The van der Waals surface area contributed by atoms with Crippen molar-refractivity contribution in [2.24, 2.45) is 7.05 Å². The van der Waals surface area contributed by atoms with Gasteiger partial charge in [-0.2, -0.15) is 0 Å². The molecule has 1 aromatic carbocycles. The third kappa shape index (κ3) is 4.49. The van der Waals surface area contributed by atoms with E-state index in [-0.39, 0.29) is 0 Å². The van der Waals surface area contributed by atoms with Gasteiger partial charge in [-0.1, -0.05) is 12.1 Å². The van der Waals surface area contributed by atoms with Crippen molar-refractivity contribution in [3.63, 3.8) is 0 Å². The highest BCUT2D eigenvalue weighted by atomic mass is 16.5. The monoisotopic (exact) mass is 445 g/mol. The van der Waals surface area contributed by atoms with Gasteiger partial charge in [0.25, 0.3) is 0 Å². The molecule has 0 atom stereocenters. The first-order valence-electron chi connectivity index (χ1n) is 11.1. The van der Waals surface area contributed by atoms with E-state index in [1.165, 1.54) is 0 Å². The molecule has 0 unspecified atom stereocenters. The highest BCUT2D eigenvalue weighted by Crippen LogP contribution is 2.35. The van der Waals surface area contributed by atoms with Gasteiger partial charge in [0.2, 0.25) is 0 Å². The minimum Gasteiger partial charge on any atom is -0.494 e. The van der Waals surface area contributed by atoms with Gasteiger partial charge in [-0.15, -0.1) is 10.2 Å². The normalized spacial score (nSPS) is 14.4. The number of hydrogen-bond acceptors (Lipinski definition) is 8. The van der Waals surface area contributed by atoms with Crippen LogP contribution in [0.15, 0.2) is 36.8 Å². The third-order valence-corrected chi connectivity index (χ3v) is 5.84. The van der Waals surface area contributed by atoms with Crippen LogP contribution in [0.4, 0.5) is 5.82 Å². The quantitative estimate of drug-likeness (QED) is 0.426. The Labute approximate surface area is 191 Å². The van der Waals surface area contributed by atoms with E-state index in [0.717, 1.165) is 52.1 Å². The highest BCUT2D eigenvalue weighted by molar-refractivity contribution is 5.88. The molecule has 2 N–H and O–H groups in total. The zero-order valence-corrected chi connectivity index (χ0v) is 19.0. The average molecular weight is 446 g/mol. The Balaban J connectivity index is 1.46. The molecule has 33 heavy (non-hydrogen) atoms. The third-order valence-electron chi connectivity index (χ3n) is 5.84. The van der Waals surface area contributed by atoms with Gasteiger partial charge in [0, 0.05) is 48.4 Å². The van der Waals surface area contributed by atoms with Gasteiger partial charge < -0.3 is 19.7 Å². The van der Waals surface area contributed by atoms with Crippen molar-refractivity contribution < 1.29 is 9.84 Å². The number of aliphatic hydroxyl groups is 1. The molecule has 0 amide bonds. The molecule has 1 aliphatic rings. The second kappa shape index (κ2) is 8.40. The lowest BCUT2D eigenvalue weighted by Crippen LogP contribution is -2.21. The van der Waals surface area contributed by atoms with E-state index in [2.05, 4.69) is 25.5 Å². The van der Waals surface area contributed by atoms with Gasteiger partial charge in [0.1, 0.15) is 23.4 Å². The van der Waals surface area contributed by atoms with Crippen LogP contribution in [0, 0.1) is 6.92 Å². The second-order valence-corrected chi connectivity index (χ2v) is 8.61. The molecule has 170 valence electrons. The fourth-order valence-electron chi connectivity index (χ4n) is 3.83. The molecular formula is C24H27N7O2. The molecule has 0 saturated heterocycles. The van der Waals surface area contributed by atoms with Crippen LogP contribution in [0.2, 0.25) is 0 Å². The molecule has 4 aromatic rings. The predicted octanol–water partition coefficient (Wildman–Crippen LogP) is 3.06. The molecule has 1 fully saturated rings. The van der Waals surface area contributed by atoms with Gasteiger partial charge in [-0.25, -0.2) is 15.0 Å². The predicted molar refractivity (Wildman–Crippen MR) is 125 cm³/mol. The molecule has 3 heterocycles. The standard InChI is InChI=1S/C24H27N7O2/c1-4-33-19-10-17(23-30-27-14-31(23)3)6-5-16(19)11-20-25-12-18-9-15(2)28-22(21(18)29-20)26-13-24(32)7-8-24/h5-6,9-10,12,14,32H,4,7-8,11,13H2,1-3H3,(H,26,28). The van der Waals surface area contributed by atoms with Crippen molar-refractivity contribution in [2.75, 3.05) is 18.5 Å². The van der Waals surface area contributed by atoms with Crippen LogP contribution >= 0.6 is 0 Å². The maximum Gasteiger partial charge on any atom is 0.163 e. The number of anilines is 1. The van der Waals surface area contributed by atoms with Crippen molar-refractivity contribution in [1.82, 2.24) is 29.7 Å². The number of fused-ring (bicyclic) bond motifs is 1. The van der Waals surface area contributed by atoms with Crippen LogP contribution in [0.5, 0.6) is 5.75 Å². The van der Waals surface area contributed by atoms with E-state index in [0.29, 0.717) is 31.2 Å². The molecule has 9 heteroatoms. The number of ether oxygens (including phenoxy) is 1. The molecule has 5 rings (SSSR count). The Morgan fingerprint density at radius 2 is 2.06 bits per heavy atom. The number of nitrogens with one attached hydrogen (secondary N) is 1. The molecule has 0 spiro atoms. The summed E-state index contributed by atoms with van der Waals surface area (Å²) in [6, 6.07) is 7.99. The Bertz CT molecular complexity index is 1310. The SMILES string of the molecule is CCOc1cc(-c2nncn2C)ccc1Cc1ncc2cc(C)nc(NCC3(O)CC3)c2n1. The van der Waals surface area contributed by atoms with E-state index in [9.17, 15) is 5.11 Å². The zero-order valence-electron chi connectivity index (χ0n) is 19.0. The number of benzene rings is 1. The van der Waals surface area contributed by atoms with Crippen LogP contribution in [-0.2, 0) is 13.5 Å². The molecular weight excluding hydrogens is 418 g/mol. The van der Waals surface area contributed by atoms with Crippen LogP contribution in [0.1, 0.15) is 36.8 Å². The van der Waals surface area contributed by atoms with Crippen LogP contribution in [0.25, 0.3) is 22.3 Å². The van der Waals surface area contributed by atoms with Gasteiger partial charge >= 0.3 is 0 Å². The second-order valence-electron chi connectivity index (χ2n) is 8.61. The van der Waals surface area contributed by atoms with Crippen molar-refractivity contribution in [3.05, 3.63) is 53.9 Å². The summed E-state index contributed by atoms with van der Waals surface area (Å²) < 4.78 is 7.81. The van der Waals surface area contributed by atoms with E-state index < -0.39 is 5.60 Å². The number of aryl methyl sites for hydroxylation is 2. The Morgan fingerprint density at radius 3 is 2.79 bits per heavy atom. The zero-order chi connectivity index (χ0) is 23.0. The van der Waals surface area contributed by atoms with Crippen molar-refractivity contribution >= 4 is 16.7 Å². The molecule has 1 saturated carbocycles. The lowest BCUT2D eigenvalue weighted by atomic mass is 10.1. The summed E-state index contributed by atoms with van der Waals surface area (Å²) in [5.41, 5.74) is 2.94. The van der Waals surface area contributed by atoms with Gasteiger partial charge in [-0.05, 0) is 38.8 Å². The summed E-state index contributed by atoms with van der Waals surface area (Å²) in [6.07, 6.45) is 5.65. The average Bonchev–Trinajstić information content (AvgIpc) is 3.38. The van der Waals surface area contributed by atoms with Crippen molar-refractivity contribution in [2.45, 2.75) is 38.7 Å². The minimum absolute atomic E-state index is 0.468. The Morgan fingerprint density at radius 1 is 1.21 bits per heavy atom. The van der Waals surface area contributed by atoms with E-state index in [1.54, 1.807) is 6.33 Å². The number of nitrogens with zero attached hydrogens (tertiary/aromatic N) is 6. The molecule has 0 bridgehead atoms. The first-order chi connectivity index (χ1) is 15.9. The van der Waals surface area contributed by atoms with Crippen LogP contribution < -0.4 is 10.1 Å². The Hall–Kier alpha value is -3.59. The van der Waals surface area contributed by atoms with Crippen molar-refractivity contribution in [1.29, 1.82) is 0 Å². The fourth-order valence-corrected chi connectivity index (χ4v) is 3.83. The molecule has 1 aliphatic carbocycles. The summed E-state index contributed by atoms with van der Waals surface area (Å²) in [4.78, 5) is 14.0. The molecule has 0 radical (unpaired) electrons. The first-order valence-corrected chi connectivity index (χ1v) is 11.1. The van der Waals surface area contributed by atoms with E-state index in [4.69, 9.17) is 9.72 Å². The highest BCUT2D eigenvalue weighted by Gasteiger charge is 2.40. The summed E-state index contributed by atoms with van der Waals surface area (Å²) >= 11 is 0. The topological polar surface area (TPSA) is 111 Å². The largest absolute Gasteiger partial charge is 0.494 e. The lowest BCUT2D eigenvalue weighted by molar-refractivity contribution is 0.164. The van der Waals surface area contributed by atoms with Gasteiger partial charge in [-0.3, -0.25) is 0 Å². The summed E-state index contributed by atoms with van der Waals surface area (Å²) in [5.74, 6) is 2.90. The summed E-state index contributed by atoms with van der Waals surface area (Å²) in [5, 5.41) is 22.6. The number of rotatable bonds is 8. The van der Waals surface area contributed by atoms with Gasteiger partial charge in [0.05, 0.1) is 12.2 Å². The van der Waals surface area contributed by atoms with E-state index in [1.807, 2.05) is 55.9 Å². The van der Waals surface area contributed by atoms with Crippen LogP contribution in [-0.4, -0.2) is 53.6 Å². The number of pyridine rings is 1. The minimum atomic E-state index is -0.621. The maximum atomic E-state index is 10.2. The Kier molecular flexibility index (Phi) is 5.41. The smallest absolute Gasteiger partial charge is 0.163 e. The molecule has 9 nitrogen and oxygen atoms in total. The molecule has 3 aromatic heterocycles. The van der Waals surface area contributed by atoms with Crippen LogP contribution in [0.3, 0.4) is 0 Å². The summed E-state index contributed by atoms with van der Waals surface area (Å²) in [6.45, 7) is 4.92. The maximum absolute atomic E-state index is 10.2. The van der Waals surface area contributed by atoms with Gasteiger partial charge in [0.15, 0.2) is 11.6 Å².